The maximum absolute atomic E-state index is 12.8. The van der Waals surface area contributed by atoms with Crippen LogP contribution in [0.15, 0.2) is 77.2 Å². The van der Waals surface area contributed by atoms with E-state index in [1.165, 1.54) is 0 Å². The highest BCUT2D eigenvalue weighted by Gasteiger charge is 2.17. The van der Waals surface area contributed by atoms with Crippen LogP contribution in [-0.2, 0) is 0 Å². The average molecular weight is 394 g/mol. The van der Waals surface area contributed by atoms with Crippen molar-refractivity contribution in [2.24, 2.45) is 0 Å². The minimum atomic E-state index is -0.418. The summed E-state index contributed by atoms with van der Waals surface area (Å²) in [6.07, 6.45) is 0. The fourth-order valence-corrected chi connectivity index (χ4v) is 2.97. The van der Waals surface area contributed by atoms with Crippen LogP contribution in [0.3, 0.4) is 0 Å². The van der Waals surface area contributed by atoms with E-state index in [1.54, 1.807) is 37.4 Å². The Balaban J connectivity index is 1.63. The molecule has 4 aromatic rings. The zero-order chi connectivity index (χ0) is 19.5. The molecule has 5 nitrogen and oxygen atoms in total. The van der Waals surface area contributed by atoms with Crippen molar-refractivity contribution < 1.29 is 18.7 Å². The van der Waals surface area contributed by atoms with Gasteiger partial charge in [0.1, 0.15) is 5.75 Å². The zero-order valence-corrected chi connectivity index (χ0v) is 15.7. The second kappa shape index (κ2) is 7.66. The van der Waals surface area contributed by atoms with Crippen molar-refractivity contribution in [3.8, 4) is 17.2 Å². The SMILES string of the molecule is COc1cccc2cc(C(=O)Nc3cc(Cl)ccc3Oc3ccccc3)oc12. The van der Waals surface area contributed by atoms with Crippen LogP contribution in [0, 0.1) is 0 Å². The Morgan fingerprint density at radius 2 is 1.79 bits per heavy atom. The van der Waals surface area contributed by atoms with Gasteiger partial charge in [-0.25, -0.2) is 0 Å². The van der Waals surface area contributed by atoms with E-state index in [-0.39, 0.29) is 5.76 Å². The molecule has 0 atom stereocenters. The summed E-state index contributed by atoms with van der Waals surface area (Å²) in [6, 6.07) is 21.4. The Hall–Kier alpha value is -3.44. The fraction of sp³-hybridized carbons (Fsp3) is 0.0455. The molecule has 0 unspecified atom stereocenters. The largest absolute Gasteiger partial charge is 0.493 e. The Kier molecular flexibility index (Phi) is 4.91. The second-order valence-electron chi connectivity index (χ2n) is 6.00. The van der Waals surface area contributed by atoms with Crippen LogP contribution in [0.25, 0.3) is 11.0 Å². The molecule has 140 valence electrons. The van der Waals surface area contributed by atoms with E-state index in [4.69, 9.17) is 25.5 Å². The Morgan fingerprint density at radius 3 is 2.57 bits per heavy atom. The zero-order valence-electron chi connectivity index (χ0n) is 14.9. The van der Waals surface area contributed by atoms with Gasteiger partial charge in [-0.05, 0) is 42.5 Å². The summed E-state index contributed by atoms with van der Waals surface area (Å²) in [5.41, 5.74) is 0.954. The molecule has 0 fully saturated rings. The molecule has 1 amide bonds. The molecule has 0 spiro atoms. The van der Waals surface area contributed by atoms with Gasteiger partial charge in [0.2, 0.25) is 0 Å². The third-order valence-corrected chi connectivity index (χ3v) is 4.35. The lowest BCUT2D eigenvalue weighted by Gasteiger charge is -2.12. The Labute approximate surface area is 166 Å². The van der Waals surface area contributed by atoms with Gasteiger partial charge >= 0.3 is 0 Å². The molecular weight excluding hydrogens is 378 g/mol. The molecule has 0 aliphatic heterocycles. The first-order chi connectivity index (χ1) is 13.6. The number of hydrogen-bond donors (Lipinski definition) is 1. The van der Waals surface area contributed by atoms with Crippen LogP contribution in [0.4, 0.5) is 5.69 Å². The lowest BCUT2D eigenvalue weighted by molar-refractivity contribution is 0.0998. The topological polar surface area (TPSA) is 60.7 Å². The number of halogens is 1. The van der Waals surface area contributed by atoms with Crippen LogP contribution in [0.1, 0.15) is 10.6 Å². The molecule has 1 heterocycles. The van der Waals surface area contributed by atoms with E-state index in [9.17, 15) is 4.79 Å². The molecule has 28 heavy (non-hydrogen) atoms. The summed E-state index contributed by atoms with van der Waals surface area (Å²) in [5, 5.41) is 4.05. The number of benzene rings is 3. The first-order valence-corrected chi connectivity index (χ1v) is 8.92. The second-order valence-corrected chi connectivity index (χ2v) is 6.44. The van der Waals surface area contributed by atoms with Gasteiger partial charge in [0.25, 0.3) is 5.91 Å². The van der Waals surface area contributed by atoms with Gasteiger partial charge in [-0.3, -0.25) is 4.79 Å². The van der Waals surface area contributed by atoms with E-state index in [0.29, 0.717) is 33.5 Å². The molecule has 0 aliphatic rings. The van der Waals surface area contributed by atoms with E-state index in [1.807, 2.05) is 42.5 Å². The van der Waals surface area contributed by atoms with Gasteiger partial charge in [0.15, 0.2) is 22.8 Å². The number of fused-ring (bicyclic) bond motifs is 1. The van der Waals surface area contributed by atoms with Crippen molar-refractivity contribution in [2.45, 2.75) is 0 Å². The normalized spacial score (nSPS) is 10.6. The molecule has 6 heteroatoms. The average Bonchev–Trinajstić information content (AvgIpc) is 3.15. The number of carbonyl (C=O) groups excluding carboxylic acids is 1. The van der Waals surface area contributed by atoms with Crippen LogP contribution < -0.4 is 14.8 Å². The fourth-order valence-electron chi connectivity index (χ4n) is 2.80. The molecule has 3 aromatic carbocycles. The highest BCUT2D eigenvalue weighted by molar-refractivity contribution is 6.31. The molecule has 0 aliphatic carbocycles. The summed E-state index contributed by atoms with van der Waals surface area (Å²) >= 11 is 6.11. The van der Waals surface area contributed by atoms with Gasteiger partial charge < -0.3 is 19.2 Å². The number of anilines is 1. The maximum atomic E-state index is 12.8. The summed E-state index contributed by atoms with van der Waals surface area (Å²) in [7, 11) is 1.55. The van der Waals surface area contributed by atoms with Crippen molar-refractivity contribution in [1.82, 2.24) is 0 Å². The lowest BCUT2D eigenvalue weighted by atomic mass is 10.2. The Bertz CT molecular complexity index is 1140. The van der Waals surface area contributed by atoms with E-state index in [0.717, 1.165) is 5.39 Å². The molecular formula is C22H16ClNO4. The number of hydrogen-bond acceptors (Lipinski definition) is 4. The van der Waals surface area contributed by atoms with Crippen molar-refractivity contribution >= 4 is 34.2 Å². The molecule has 1 aromatic heterocycles. The van der Waals surface area contributed by atoms with Gasteiger partial charge in [0, 0.05) is 10.4 Å². The van der Waals surface area contributed by atoms with Crippen molar-refractivity contribution in [2.75, 3.05) is 12.4 Å². The quantitative estimate of drug-likeness (QED) is 0.442. The number of amides is 1. The maximum Gasteiger partial charge on any atom is 0.291 e. The summed E-state index contributed by atoms with van der Waals surface area (Å²) in [4.78, 5) is 12.8. The minimum Gasteiger partial charge on any atom is -0.493 e. The first kappa shape index (κ1) is 17.9. The number of nitrogens with one attached hydrogen (secondary N) is 1. The van der Waals surface area contributed by atoms with Crippen LogP contribution in [0.5, 0.6) is 17.2 Å². The highest BCUT2D eigenvalue weighted by Crippen LogP contribution is 2.33. The molecule has 0 saturated heterocycles. The third kappa shape index (κ3) is 3.66. The third-order valence-electron chi connectivity index (χ3n) is 4.11. The summed E-state index contributed by atoms with van der Waals surface area (Å²) < 4.78 is 16.9. The van der Waals surface area contributed by atoms with Crippen LogP contribution >= 0.6 is 11.6 Å². The van der Waals surface area contributed by atoms with Gasteiger partial charge in [0.05, 0.1) is 12.8 Å². The minimum absolute atomic E-state index is 0.158. The van der Waals surface area contributed by atoms with Gasteiger partial charge in [-0.2, -0.15) is 0 Å². The number of para-hydroxylation sites is 2. The number of methoxy groups -OCH3 is 1. The van der Waals surface area contributed by atoms with Crippen molar-refractivity contribution in [1.29, 1.82) is 0 Å². The van der Waals surface area contributed by atoms with Gasteiger partial charge in [-0.1, -0.05) is 41.9 Å². The number of ether oxygens (including phenoxy) is 2. The molecule has 0 saturated carbocycles. The highest BCUT2D eigenvalue weighted by atomic mass is 35.5. The summed E-state index contributed by atoms with van der Waals surface area (Å²) in [5.74, 6) is 1.42. The first-order valence-electron chi connectivity index (χ1n) is 8.54. The molecule has 0 bridgehead atoms. The number of furan rings is 1. The smallest absolute Gasteiger partial charge is 0.291 e. The Morgan fingerprint density at radius 1 is 0.964 bits per heavy atom. The van der Waals surface area contributed by atoms with Crippen molar-refractivity contribution in [3.63, 3.8) is 0 Å². The monoisotopic (exact) mass is 393 g/mol. The van der Waals surface area contributed by atoms with Crippen LogP contribution in [-0.4, -0.2) is 13.0 Å². The van der Waals surface area contributed by atoms with Crippen molar-refractivity contribution in [3.05, 3.63) is 83.6 Å². The summed E-state index contributed by atoms with van der Waals surface area (Å²) in [6.45, 7) is 0. The molecule has 0 radical (unpaired) electrons. The van der Waals surface area contributed by atoms with E-state index in [2.05, 4.69) is 5.32 Å². The standard InChI is InChI=1S/C22H16ClNO4/c1-26-19-9-5-6-14-12-20(28-21(14)19)22(25)24-17-13-15(23)10-11-18(17)27-16-7-3-2-4-8-16/h2-13H,1H3,(H,24,25). The predicted molar refractivity (Wildman–Crippen MR) is 109 cm³/mol. The molecule has 1 N–H and O–H groups in total. The lowest BCUT2D eigenvalue weighted by Crippen LogP contribution is -2.11. The van der Waals surface area contributed by atoms with Crippen LogP contribution in [0.2, 0.25) is 5.02 Å². The predicted octanol–water partition coefficient (Wildman–Crippen LogP) is 6.14. The number of rotatable bonds is 5. The van der Waals surface area contributed by atoms with E-state index < -0.39 is 5.91 Å². The molecule has 4 rings (SSSR count). The van der Waals surface area contributed by atoms with E-state index >= 15 is 0 Å². The number of carbonyl (C=O) groups is 1. The van der Waals surface area contributed by atoms with Gasteiger partial charge in [-0.15, -0.1) is 0 Å².